The average Bonchev–Trinajstić information content (AvgIpc) is 3.26. The lowest BCUT2D eigenvalue weighted by Crippen LogP contribution is -2.54. The summed E-state index contributed by atoms with van der Waals surface area (Å²) in [6.45, 7) is -1.26. The number of likely N-dealkylation sites (N-methyl/N-ethyl adjacent to an activating group) is 1. The maximum atomic E-state index is 13.1. The normalized spacial score (nSPS) is 15.8. The first-order valence-electron chi connectivity index (χ1n) is 7.81. The summed E-state index contributed by atoms with van der Waals surface area (Å²) in [4.78, 5) is 18.5. The summed E-state index contributed by atoms with van der Waals surface area (Å²) in [5.74, 6) is 0.0157. The number of hydrogen-bond acceptors (Lipinski definition) is 4. The molecule has 0 aromatic carbocycles. The van der Waals surface area contributed by atoms with E-state index in [1.54, 1.807) is 30.2 Å². The third kappa shape index (κ3) is 4.16. The Bertz CT molecular complexity index is 688. The predicted molar refractivity (Wildman–Crippen MR) is 96.8 cm³/mol. The fraction of sp³-hybridized carbons (Fsp3) is 0.533. The van der Waals surface area contributed by atoms with Crippen LogP contribution in [0.2, 0.25) is 0 Å². The molecule has 1 fully saturated rings. The number of alkyl halides is 2. The Kier molecular flexibility index (Phi) is 7.98. The van der Waals surface area contributed by atoms with Gasteiger partial charge in [-0.3, -0.25) is 14.0 Å². The average molecular weight is 411 g/mol. The highest BCUT2D eigenvalue weighted by molar-refractivity contribution is 5.85. The van der Waals surface area contributed by atoms with Crippen LogP contribution in [0.25, 0.3) is 0 Å². The van der Waals surface area contributed by atoms with Gasteiger partial charge in [0, 0.05) is 31.8 Å². The number of nitrogens with one attached hydrogen (secondary N) is 1. The van der Waals surface area contributed by atoms with Crippen molar-refractivity contribution in [1.82, 2.24) is 29.5 Å². The van der Waals surface area contributed by atoms with Gasteiger partial charge in [0.2, 0.25) is 0 Å². The second-order valence-corrected chi connectivity index (χ2v) is 5.92. The SMILES string of the molecule is CN(Cc1nccn1C(F)F)C(=O)C1(n2cccn2)CCNCC1.Cl.Cl. The van der Waals surface area contributed by atoms with E-state index in [0.29, 0.717) is 25.9 Å². The number of rotatable bonds is 5. The summed E-state index contributed by atoms with van der Waals surface area (Å²) >= 11 is 0. The van der Waals surface area contributed by atoms with Crippen LogP contribution in [0.1, 0.15) is 25.2 Å². The van der Waals surface area contributed by atoms with Crippen molar-refractivity contribution in [2.24, 2.45) is 0 Å². The van der Waals surface area contributed by atoms with Crippen molar-refractivity contribution >= 4 is 30.7 Å². The molecule has 0 bridgehead atoms. The van der Waals surface area contributed by atoms with Crippen molar-refractivity contribution in [1.29, 1.82) is 0 Å². The molecule has 26 heavy (non-hydrogen) atoms. The molecule has 1 aliphatic heterocycles. The molecule has 1 saturated heterocycles. The fourth-order valence-electron chi connectivity index (χ4n) is 3.19. The number of halogens is 4. The highest BCUT2D eigenvalue weighted by atomic mass is 35.5. The first-order valence-corrected chi connectivity index (χ1v) is 7.81. The molecule has 0 radical (unpaired) electrons. The van der Waals surface area contributed by atoms with E-state index in [1.807, 2.05) is 0 Å². The van der Waals surface area contributed by atoms with Crippen LogP contribution < -0.4 is 5.32 Å². The van der Waals surface area contributed by atoms with Crippen molar-refractivity contribution in [3.05, 3.63) is 36.7 Å². The molecule has 1 N–H and O–H groups in total. The van der Waals surface area contributed by atoms with E-state index >= 15 is 0 Å². The Labute approximate surface area is 162 Å². The van der Waals surface area contributed by atoms with Crippen molar-refractivity contribution in [3.63, 3.8) is 0 Å². The zero-order valence-corrected chi connectivity index (χ0v) is 15.8. The van der Waals surface area contributed by atoms with Crippen LogP contribution in [0.3, 0.4) is 0 Å². The molecular weight excluding hydrogens is 389 g/mol. The Hall–Kier alpha value is -1.71. The van der Waals surface area contributed by atoms with Crippen LogP contribution in [0.15, 0.2) is 30.9 Å². The van der Waals surface area contributed by atoms with E-state index in [1.165, 1.54) is 17.3 Å². The van der Waals surface area contributed by atoms with Crippen LogP contribution in [0.5, 0.6) is 0 Å². The molecule has 7 nitrogen and oxygen atoms in total. The quantitative estimate of drug-likeness (QED) is 0.818. The Morgan fingerprint density at radius 2 is 2.00 bits per heavy atom. The molecule has 0 aliphatic carbocycles. The van der Waals surface area contributed by atoms with Gasteiger partial charge in [0.15, 0.2) is 0 Å². The van der Waals surface area contributed by atoms with E-state index in [9.17, 15) is 13.6 Å². The molecule has 0 atom stereocenters. The smallest absolute Gasteiger partial charge is 0.319 e. The number of imidazole rings is 1. The summed E-state index contributed by atoms with van der Waals surface area (Å²) in [6, 6.07) is 1.78. The maximum absolute atomic E-state index is 13.1. The van der Waals surface area contributed by atoms with Gasteiger partial charge >= 0.3 is 6.55 Å². The summed E-state index contributed by atoms with van der Waals surface area (Å²) in [6.07, 6.45) is 7.14. The highest BCUT2D eigenvalue weighted by Crippen LogP contribution is 2.29. The summed E-state index contributed by atoms with van der Waals surface area (Å²) in [5.41, 5.74) is -0.786. The lowest BCUT2D eigenvalue weighted by Gasteiger charge is -2.39. The largest absolute Gasteiger partial charge is 0.336 e. The molecule has 3 rings (SSSR count). The third-order valence-electron chi connectivity index (χ3n) is 4.46. The van der Waals surface area contributed by atoms with E-state index in [0.717, 1.165) is 4.57 Å². The lowest BCUT2D eigenvalue weighted by molar-refractivity contribution is -0.142. The van der Waals surface area contributed by atoms with Crippen molar-refractivity contribution in [2.75, 3.05) is 20.1 Å². The van der Waals surface area contributed by atoms with Crippen LogP contribution in [0.4, 0.5) is 8.78 Å². The van der Waals surface area contributed by atoms with Crippen molar-refractivity contribution in [3.8, 4) is 0 Å². The Balaban J connectivity index is 0.00000169. The first kappa shape index (κ1) is 22.3. The minimum Gasteiger partial charge on any atom is -0.336 e. The van der Waals surface area contributed by atoms with Gasteiger partial charge in [-0.05, 0) is 32.0 Å². The number of hydrogen-bond donors (Lipinski definition) is 1. The molecule has 0 saturated carbocycles. The summed E-state index contributed by atoms with van der Waals surface area (Å²) < 4.78 is 28.4. The van der Waals surface area contributed by atoms with Crippen LogP contribution in [0, 0.1) is 0 Å². The monoisotopic (exact) mass is 410 g/mol. The number of carbonyl (C=O) groups is 1. The predicted octanol–water partition coefficient (Wildman–Crippen LogP) is 2.06. The fourth-order valence-corrected chi connectivity index (χ4v) is 3.19. The Morgan fingerprint density at radius 1 is 1.31 bits per heavy atom. The number of carbonyl (C=O) groups excluding carboxylic acids is 1. The van der Waals surface area contributed by atoms with Gasteiger partial charge in [-0.2, -0.15) is 13.9 Å². The van der Waals surface area contributed by atoms with Crippen LogP contribution >= 0.6 is 24.8 Å². The van der Waals surface area contributed by atoms with E-state index in [2.05, 4.69) is 15.4 Å². The molecule has 0 unspecified atom stereocenters. The van der Waals surface area contributed by atoms with E-state index in [-0.39, 0.29) is 43.1 Å². The first-order chi connectivity index (χ1) is 11.5. The minimum atomic E-state index is -2.68. The van der Waals surface area contributed by atoms with Gasteiger partial charge in [0.1, 0.15) is 11.4 Å². The maximum Gasteiger partial charge on any atom is 0.319 e. The number of amides is 1. The highest BCUT2D eigenvalue weighted by Gasteiger charge is 2.43. The van der Waals surface area contributed by atoms with Gasteiger partial charge in [-0.15, -0.1) is 24.8 Å². The molecule has 0 spiro atoms. The zero-order valence-electron chi connectivity index (χ0n) is 14.2. The minimum absolute atomic E-state index is 0. The molecule has 11 heteroatoms. The number of piperidine rings is 1. The molecule has 2 aromatic heterocycles. The van der Waals surface area contributed by atoms with Crippen LogP contribution in [-0.4, -0.2) is 50.3 Å². The third-order valence-corrected chi connectivity index (χ3v) is 4.46. The second-order valence-electron chi connectivity index (χ2n) is 5.92. The summed E-state index contributed by atoms with van der Waals surface area (Å²) in [5, 5.41) is 7.50. The zero-order chi connectivity index (χ0) is 17.2. The molecule has 146 valence electrons. The molecule has 1 aliphatic rings. The number of aromatic nitrogens is 4. The van der Waals surface area contributed by atoms with Gasteiger partial charge < -0.3 is 10.2 Å². The van der Waals surface area contributed by atoms with Gasteiger partial charge in [-0.1, -0.05) is 0 Å². The molecule has 2 aromatic rings. The topological polar surface area (TPSA) is 68.0 Å². The summed E-state index contributed by atoms with van der Waals surface area (Å²) in [7, 11) is 1.61. The molecular formula is C15H22Cl2F2N6O. The standard InChI is InChI=1S/C15H20F2N6O.2ClH/c1-21(11-12-19-8-10-22(12)14(16)17)13(24)15(3-6-18-7-4-15)23-9-2-5-20-23;;/h2,5,8-10,14,18H,3-4,6-7,11H2,1H3;2*1H. The van der Waals surface area contributed by atoms with Crippen molar-refractivity contribution < 1.29 is 13.6 Å². The van der Waals surface area contributed by atoms with Gasteiger partial charge in [0.25, 0.3) is 5.91 Å². The lowest BCUT2D eigenvalue weighted by atomic mass is 9.87. The number of nitrogens with zero attached hydrogens (tertiary/aromatic N) is 5. The van der Waals surface area contributed by atoms with Gasteiger partial charge in [-0.25, -0.2) is 4.98 Å². The second kappa shape index (κ2) is 9.29. The van der Waals surface area contributed by atoms with Gasteiger partial charge in [0.05, 0.1) is 6.54 Å². The van der Waals surface area contributed by atoms with E-state index < -0.39 is 12.1 Å². The van der Waals surface area contributed by atoms with E-state index in [4.69, 9.17) is 0 Å². The van der Waals surface area contributed by atoms with Crippen molar-refractivity contribution in [2.45, 2.75) is 31.5 Å². The molecule has 1 amide bonds. The Morgan fingerprint density at radius 3 is 2.58 bits per heavy atom. The molecule has 3 heterocycles. The van der Waals surface area contributed by atoms with Crippen LogP contribution in [-0.2, 0) is 16.9 Å².